The lowest BCUT2D eigenvalue weighted by molar-refractivity contribution is 0.0634. The van der Waals surface area contributed by atoms with Gasteiger partial charge in [-0.1, -0.05) is 21.6 Å². The van der Waals surface area contributed by atoms with Gasteiger partial charge in [0, 0.05) is 24.0 Å². The first-order valence-electron chi connectivity index (χ1n) is 3.17. The lowest BCUT2D eigenvalue weighted by Crippen LogP contribution is -2.32. The van der Waals surface area contributed by atoms with Crippen molar-refractivity contribution in [2.24, 2.45) is 5.41 Å². The van der Waals surface area contributed by atoms with E-state index in [9.17, 15) is 0 Å². The fraction of sp³-hybridized carbons (Fsp3) is 1.00. The second-order valence-electron chi connectivity index (χ2n) is 2.62. The largest absolute Gasteiger partial charge is 0.396 e. The zero-order valence-electron chi connectivity index (χ0n) is 6.00. The first kappa shape index (κ1) is 8.71. The summed E-state index contributed by atoms with van der Waals surface area (Å²) < 4.78 is 5.03. The van der Waals surface area contributed by atoms with Crippen molar-refractivity contribution in [3.8, 4) is 0 Å². The van der Waals surface area contributed by atoms with E-state index < -0.39 is 0 Å². The molecule has 0 atom stereocenters. The summed E-state index contributed by atoms with van der Waals surface area (Å²) in [6.45, 7) is 0.935. The number of aliphatic hydroxyl groups excluding tert-OH is 1. The molecule has 2 nitrogen and oxygen atoms in total. The van der Waals surface area contributed by atoms with Gasteiger partial charge in [-0.05, 0) is 0 Å². The number of methoxy groups -OCH3 is 1. The molecule has 0 unspecified atom stereocenters. The van der Waals surface area contributed by atoms with Crippen LogP contribution in [0.5, 0.6) is 0 Å². The second-order valence-corrected chi connectivity index (χ2v) is 5.08. The third-order valence-corrected chi connectivity index (χ3v) is 4.43. The lowest BCUT2D eigenvalue weighted by Gasteiger charge is -2.22. The van der Waals surface area contributed by atoms with Gasteiger partial charge in [0.1, 0.15) is 0 Å². The van der Waals surface area contributed by atoms with Gasteiger partial charge >= 0.3 is 0 Å². The average molecular weight is 180 g/mol. The minimum absolute atomic E-state index is 0.0457. The van der Waals surface area contributed by atoms with Gasteiger partial charge < -0.3 is 9.84 Å². The second kappa shape index (κ2) is 3.85. The Kier molecular flexibility index (Phi) is 3.36. The molecule has 1 fully saturated rings. The first-order chi connectivity index (χ1) is 4.83. The van der Waals surface area contributed by atoms with E-state index >= 15 is 0 Å². The van der Waals surface area contributed by atoms with Crippen LogP contribution in [0.2, 0.25) is 0 Å². The van der Waals surface area contributed by atoms with Crippen LogP contribution < -0.4 is 0 Å². The summed E-state index contributed by atoms with van der Waals surface area (Å²) >= 11 is 0. The van der Waals surface area contributed by atoms with Crippen LogP contribution in [0.4, 0.5) is 0 Å². The van der Waals surface area contributed by atoms with Gasteiger partial charge in [0.25, 0.3) is 0 Å². The van der Waals surface area contributed by atoms with Gasteiger partial charge in [0.05, 0.1) is 13.2 Å². The van der Waals surface area contributed by atoms with E-state index in [1.54, 1.807) is 7.11 Å². The number of hydrogen-bond acceptors (Lipinski definition) is 4. The summed E-state index contributed by atoms with van der Waals surface area (Å²) in [5.74, 6) is 2.03. The molecule has 60 valence electrons. The van der Waals surface area contributed by atoms with Crippen molar-refractivity contribution >= 4 is 21.6 Å². The van der Waals surface area contributed by atoms with Crippen LogP contribution in [-0.4, -0.2) is 36.9 Å². The zero-order valence-corrected chi connectivity index (χ0v) is 7.63. The molecular weight excluding hydrogens is 168 g/mol. The minimum Gasteiger partial charge on any atom is -0.396 e. The molecule has 1 aliphatic rings. The average Bonchev–Trinajstić information content (AvgIpc) is 2.39. The Balaban J connectivity index is 2.41. The van der Waals surface area contributed by atoms with Crippen molar-refractivity contribution < 1.29 is 9.84 Å². The predicted octanol–water partition coefficient (Wildman–Crippen LogP) is 1.01. The van der Waals surface area contributed by atoms with Crippen molar-refractivity contribution in [2.45, 2.75) is 0 Å². The molecule has 0 aromatic heterocycles. The maximum Gasteiger partial charge on any atom is 0.0557 e. The smallest absolute Gasteiger partial charge is 0.0557 e. The maximum atomic E-state index is 9.04. The Hall–Kier alpha value is 0.620. The summed E-state index contributed by atoms with van der Waals surface area (Å²) in [5.41, 5.74) is 0.0457. The standard InChI is InChI=1S/C6H12O2S2/c1-8-3-6(2-7)4-9-10-5-6/h7H,2-5H2,1H3. The Morgan fingerprint density at radius 2 is 2.10 bits per heavy atom. The molecule has 0 amide bonds. The lowest BCUT2D eigenvalue weighted by atomic mass is 9.96. The van der Waals surface area contributed by atoms with Gasteiger partial charge in [-0.3, -0.25) is 0 Å². The Morgan fingerprint density at radius 3 is 2.50 bits per heavy atom. The van der Waals surface area contributed by atoms with E-state index in [0.717, 1.165) is 11.5 Å². The molecule has 10 heavy (non-hydrogen) atoms. The topological polar surface area (TPSA) is 29.5 Å². The van der Waals surface area contributed by atoms with Gasteiger partial charge in [0.15, 0.2) is 0 Å². The maximum absolute atomic E-state index is 9.04. The Labute approximate surface area is 69.1 Å². The molecule has 0 aliphatic carbocycles. The highest BCUT2D eigenvalue weighted by atomic mass is 33.1. The molecule has 1 saturated heterocycles. The molecule has 0 aromatic rings. The molecule has 4 heteroatoms. The van der Waals surface area contributed by atoms with Crippen LogP contribution in [0.15, 0.2) is 0 Å². The molecule has 1 heterocycles. The molecular formula is C6H12O2S2. The van der Waals surface area contributed by atoms with Crippen LogP contribution in [0.1, 0.15) is 0 Å². The van der Waals surface area contributed by atoms with Crippen LogP contribution in [0.25, 0.3) is 0 Å². The van der Waals surface area contributed by atoms with Gasteiger partial charge in [-0.2, -0.15) is 0 Å². The van der Waals surface area contributed by atoms with E-state index in [2.05, 4.69) is 0 Å². The van der Waals surface area contributed by atoms with Crippen molar-refractivity contribution in [2.75, 3.05) is 31.8 Å². The number of rotatable bonds is 3. The van der Waals surface area contributed by atoms with E-state index in [4.69, 9.17) is 9.84 Å². The quantitative estimate of drug-likeness (QED) is 0.656. The molecule has 1 rings (SSSR count). The SMILES string of the molecule is COCC1(CO)CSSC1. The van der Waals surface area contributed by atoms with Crippen LogP contribution in [-0.2, 0) is 4.74 Å². The summed E-state index contributed by atoms with van der Waals surface area (Å²) in [6, 6.07) is 0. The van der Waals surface area contributed by atoms with Crippen LogP contribution in [0.3, 0.4) is 0 Å². The number of aliphatic hydroxyl groups is 1. The fourth-order valence-electron chi connectivity index (χ4n) is 0.901. The number of ether oxygens (including phenoxy) is 1. The highest BCUT2D eigenvalue weighted by molar-refractivity contribution is 8.77. The zero-order chi connectivity index (χ0) is 7.45. The van der Waals surface area contributed by atoms with Crippen molar-refractivity contribution in [1.82, 2.24) is 0 Å². The fourth-order valence-corrected chi connectivity index (χ4v) is 4.25. The van der Waals surface area contributed by atoms with E-state index in [1.165, 1.54) is 0 Å². The highest BCUT2D eigenvalue weighted by Crippen LogP contribution is 2.42. The van der Waals surface area contributed by atoms with Crippen LogP contribution >= 0.6 is 21.6 Å². The van der Waals surface area contributed by atoms with Crippen molar-refractivity contribution in [3.63, 3.8) is 0 Å². The van der Waals surface area contributed by atoms with E-state index in [1.807, 2.05) is 21.6 Å². The van der Waals surface area contributed by atoms with Crippen molar-refractivity contribution in [3.05, 3.63) is 0 Å². The molecule has 1 aliphatic heterocycles. The summed E-state index contributed by atoms with van der Waals surface area (Å²) in [7, 11) is 5.33. The molecule has 1 N–H and O–H groups in total. The first-order valence-corrected chi connectivity index (χ1v) is 5.66. The molecule has 0 saturated carbocycles. The third-order valence-electron chi connectivity index (χ3n) is 1.60. The van der Waals surface area contributed by atoms with Crippen molar-refractivity contribution in [1.29, 1.82) is 0 Å². The monoisotopic (exact) mass is 180 g/mol. The third kappa shape index (κ3) is 1.81. The number of hydrogen-bond donors (Lipinski definition) is 1. The summed E-state index contributed by atoms with van der Waals surface area (Å²) in [6.07, 6.45) is 0. The molecule has 0 bridgehead atoms. The minimum atomic E-state index is 0.0457. The van der Waals surface area contributed by atoms with Crippen LogP contribution in [0, 0.1) is 5.41 Å². The predicted molar refractivity (Wildman–Crippen MR) is 46.3 cm³/mol. The van der Waals surface area contributed by atoms with E-state index in [-0.39, 0.29) is 12.0 Å². The molecule has 0 spiro atoms. The molecule has 0 radical (unpaired) electrons. The van der Waals surface area contributed by atoms with Gasteiger partial charge in [-0.25, -0.2) is 0 Å². The van der Waals surface area contributed by atoms with E-state index in [0.29, 0.717) is 6.61 Å². The molecule has 0 aromatic carbocycles. The Morgan fingerprint density at radius 1 is 1.50 bits per heavy atom. The Bertz CT molecular complexity index is 102. The van der Waals surface area contributed by atoms with Gasteiger partial charge in [-0.15, -0.1) is 0 Å². The highest BCUT2D eigenvalue weighted by Gasteiger charge is 2.34. The summed E-state index contributed by atoms with van der Waals surface area (Å²) in [4.78, 5) is 0. The van der Waals surface area contributed by atoms with Gasteiger partial charge in [0.2, 0.25) is 0 Å². The normalized spacial score (nSPS) is 23.4. The summed E-state index contributed by atoms with van der Waals surface area (Å²) in [5, 5.41) is 9.04.